The molecule has 1 aliphatic heterocycles. The number of amides is 1. The van der Waals surface area contributed by atoms with Crippen molar-refractivity contribution in [3.8, 4) is 11.1 Å². The van der Waals surface area contributed by atoms with E-state index in [1.54, 1.807) is 18.5 Å². The van der Waals surface area contributed by atoms with Gasteiger partial charge in [-0.2, -0.15) is 0 Å². The van der Waals surface area contributed by atoms with E-state index in [0.717, 1.165) is 38.9 Å². The number of thioether (sulfide) groups is 1. The summed E-state index contributed by atoms with van der Waals surface area (Å²) in [5.41, 5.74) is 11.5. The van der Waals surface area contributed by atoms with Gasteiger partial charge in [0.05, 0.1) is 4.91 Å². The lowest BCUT2D eigenvalue weighted by Gasteiger charge is -2.09. The summed E-state index contributed by atoms with van der Waals surface area (Å²) in [7, 11) is 0. The fraction of sp³-hybridized carbons (Fsp3) is 0.105. The van der Waals surface area contributed by atoms with Crippen LogP contribution in [-0.4, -0.2) is 15.2 Å². The highest BCUT2D eigenvalue weighted by Crippen LogP contribution is 2.34. The minimum absolute atomic E-state index is 0.205. The van der Waals surface area contributed by atoms with E-state index in [-0.39, 0.29) is 5.91 Å². The van der Waals surface area contributed by atoms with Gasteiger partial charge in [0.2, 0.25) is 0 Å². The zero-order chi connectivity index (χ0) is 18.4. The van der Waals surface area contributed by atoms with Gasteiger partial charge in [0.25, 0.3) is 5.91 Å². The molecular formula is C19H15N3O2S2. The number of hydrogen-bond acceptors (Lipinski definition) is 6. The molecule has 1 saturated heterocycles. The molecule has 4 rings (SSSR count). The van der Waals surface area contributed by atoms with E-state index in [2.05, 4.69) is 10.3 Å². The van der Waals surface area contributed by atoms with Crippen molar-refractivity contribution < 1.29 is 9.21 Å². The molecule has 26 heavy (non-hydrogen) atoms. The Kier molecular flexibility index (Phi) is 4.05. The number of pyridine rings is 1. The van der Waals surface area contributed by atoms with E-state index in [9.17, 15) is 4.79 Å². The quantitative estimate of drug-likeness (QED) is 0.394. The summed E-state index contributed by atoms with van der Waals surface area (Å²) in [6, 6.07) is 5.92. The molecule has 0 bridgehead atoms. The van der Waals surface area contributed by atoms with Crippen molar-refractivity contribution in [2.45, 2.75) is 13.8 Å². The van der Waals surface area contributed by atoms with Crippen LogP contribution in [0.5, 0.6) is 0 Å². The maximum Gasteiger partial charge on any atom is 0.263 e. The number of anilines is 1. The maximum absolute atomic E-state index is 11.8. The molecule has 0 aliphatic carbocycles. The Balaban J connectivity index is 1.83. The van der Waals surface area contributed by atoms with Crippen molar-refractivity contribution in [2.75, 3.05) is 5.73 Å². The van der Waals surface area contributed by atoms with Crippen molar-refractivity contribution in [2.24, 2.45) is 0 Å². The van der Waals surface area contributed by atoms with Crippen molar-refractivity contribution in [1.82, 2.24) is 10.3 Å². The van der Waals surface area contributed by atoms with Gasteiger partial charge in [0.15, 0.2) is 0 Å². The Morgan fingerprint density at radius 3 is 2.62 bits per heavy atom. The van der Waals surface area contributed by atoms with E-state index >= 15 is 0 Å². The predicted octanol–water partition coefficient (Wildman–Crippen LogP) is 4.18. The molecular weight excluding hydrogens is 366 g/mol. The number of carbonyl (C=O) groups is 1. The summed E-state index contributed by atoms with van der Waals surface area (Å²) in [5, 5.41) is 3.47. The Bertz CT molecular complexity index is 1090. The lowest BCUT2D eigenvalue weighted by molar-refractivity contribution is -0.115. The number of aryl methyl sites for hydroxylation is 2. The molecule has 2 aromatic heterocycles. The first-order valence-corrected chi connectivity index (χ1v) is 9.14. The molecule has 0 saturated carbocycles. The van der Waals surface area contributed by atoms with Crippen molar-refractivity contribution in [1.29, 1.82) is 0 Å². The van der Waals surface area contributed by atoms with Gasteiger partial charge in [0.1, 0.15) is 15.7 Å². The zero-order valence-electron chi connectivity index (χ0n) is 14.1. The van der Waals surface area contributed by atoms with Gasteiger partial charge in [-0.15, -0.1) is 0 Å². The smallest absolute Gasteiger partial charge is 0.263 e. The van der Waals surface area contributed by atoms with Crippen LogP contribution in [0.2, 0.25) is 0 Å². The zero-order valence-corrected chi connectivity index (χ0v) is 15.8. The van der Waals surface area contributed by atoms with Crippen LogP contribution < -0.4 is 11.1 Å². The Morgan fingerprint density at radius 1 is 1.23 bits per heavy atom. The molecule has 0 radical (unpaired) electrons. The fourth-order valence-electron chi connectivity index (χ4n) is 2.94. The van der Waals surface area contributed by atoms with Crippen LogP contribution in [0.15, 0.2) is 39.9 Å². The van der Waals surface area contributed by atoms with Crippen LogP contribution in [-0.2, 0) is 4.79 Å². The molecule has 3 heterocycles. The van der Waals surface area contributed by atoms with Gasteiger partial charge in [-0.3, -0.25) is 9.78 Å². The standard InChI is InChI=1S/C19H15N3O2S2/c1-9-3-11(4-10(2)16(9)20)14-8-21-7-12-5-13(24-17(12)14)6-15-18(23)22-19(25)26-15/h3-8H,20H2,1-2H3,(H,22,23,25)/b15-6+. The minimum atomic E-state index is -0.205. The van der Waals surface area contributed by atoms with Crippen LogP contribution in [0.25, 0.3) is 28.2 Å². The third kappa shape index (κ3) is 2.89. The number of fused-ring (bicyclic) bond motifs is 1. The summed E-state index contributed by atoms with van der Waals surface area (Å²) < 4.78 is 6.48. The molecule has 3 aromatic rings. The van der Waals surface area contributed by atoms with Crippen molar-refractivity contribution >= 4 is 56.9 Å². The summed E-state index contributed by atoms with van der Waals surface area (Å²) in [6.45, 7) is 3.96. The van der Waals surface area contributed by atoms with E-state index in [0.29, 0.717) is 15.0 Å². The Hall–Kier alpha value is -2.64. The number of nitrogens with zero attached hydrogens (tertiary/aromatic N) is 1. The monoisotopic (exact) mass is 381 g/mol. The molecule has 1 aromatic carbocycles. The second-order valence-corrected chi connectivity index (χ2v) is 7.85. The van der Waals surface area contributed by atoms with Gasteiger partial charge in [0, 0.05) is 35.1 Å². The lowest BCUT2D eigenvalue weighted by Crippen LogP contribution is -2.17. The van der Waals surface area contributed by atoms with Crippen LogP contribution in [0.1, 0.15) is 16.9 Å². The molecule has 0 unspecified atom stereocenters. The van der Waals surface area contributed by atoms with Gasteiger partial charge < -0.3 is 15.5 Å². The summed E-state index contributed by atoms with van der Waals surface area (Å²) in [5.74, 6) is 0.379. The van der Waals surface area contributed by atoms with E-state index < -0.39 is 0 Å². The van der Waals surface area contributed by atoms with Crippen LogP contribution in [0, 0.1) is 13.8 Å². The van der Waals surface area contributed by atoms with Gasteiger partial charge in [-0.1, -0.05) is 24.0 Å². The van der Waals surface area contributed by atoms with Crippen LogP contribution >= 0.6 is 24.0 Å². The highest BCUT2D eigenvalue weighted by Gasteiger charge is 2.23. The number of nitrogen functional groups attached to an aromatic ring is 1. The van der Waals surface area contributed by atoms with E-state index in [4.69, 9.17) is 22.4 Å². The largest absolute Gasteiger partial charge is 0.456 e. The van der Waals surface area contributed by atoms with Gasteiger partial charge in [-0.05, 0) is 48.7 Å². The second-order valence-electron chi connectivity index (χ2n) is 6.13. The molecule has 1 aliphatic rings. The first kappa shape index (κ1) is 16.8. The normalized spacial score (nSPS) is 15.8. The number of thiocarbonyl (C=S) groups is 1. The van der Waals surface area contributed by atoms with E-state index in [1.165, 1.54) is 11.8 Å². The van der Waals surface area contributed by atoms with Crippen molar-refractivity contribution in [3.63, 3.8) is 0 Å². The molecule has 130 valence electrons. The maximum atomic E-state index is 11.8. The number of nitrogens with two attached hydrogens (primary N) is 1. The number of furan rings is 1. The highest BCUT2D eigenvalue weighted by atomic mass is 32.2. The molecule has 3 N–H and O–H groups in total. The first-order chi connectivity index (χ1) is 12.4. The molecule has 1 amide bonds. The van der Waals surface area contributed by atoms with E-state index in [1.807, 2.05) is 32.0 Å². The topological polar surface area (TPSA) is 81.2 Å². The number of carbonyl (C=O) groups excluding carboxylic acids is 1. The third-order valence-corrected chi connectivity index (χ3v) is 5.42. The SMILES string of the molecule is Cc1cc(-c2cncc3cc(/C=C4/SC(=S)NC4=O)oc23)cc(C)c1N. The minimum Gasteiger partial charge on any atom is -0.456 e. The number of nitrogens with one attached hydrogen (secondary N) is 1. The molecule has 1 fully saturated rings. The predicted molar refractivity (Wildman–Crippen MR) is 110 cm³/mol. The van der Waals surface area contributed by atoms with Crippen LogP contribution in [0.3, 0.4) is 0 Å². The lowest BCUT2D eigenvalue weighted by atomic mass is 9.99. The van der Waals surface area contributed by atoms with Gasteiger partial charge in [-0.25, -0.2) is 0 Å². The summed E-state index contributed by atoms with van der Waals surface area (Å²) in [6.07, 6.45) is 5.22. The fourth-order valence-corrected chi connectivity index (χ4v) is 3.96. The summed E-state index contributed by atoms with van der Waals surface area (Å²) >= 11 is 6.24. The summed E-state index contributed by atoms with van der Waals surface area (Å²) in [4.78, 5) is 16.7. The van der Waals surface area contributed by atoms with Crippen LogP contribution in [0.4, 0.5) is 5.69 Å². The molecule has 7 heteroatoms. The molecule has 5 nitrogen and oxygen atoms in total. The van der Waals surface area contributed by atoms with Gasteiger partial charge >= 0.3 is 0 Å². The molecule has 0 atom stereocenters. The second kappa shape index (κ2) is 6.26. The average Bonchev–Trinajstić information content (AvgIpc) is 3.14. The number of rotatable bonds is 2. The molecule has 0 spiro atoms. The highest BCUT2D eigenvalue weighted by molar-refractivity contribution is 8.26. The Morgan fingerprint density at radius 2 is 1.96 bits per heavy atom. The number of aromatic nitrogens is 1. The Labute approximate surface area is 159 Å². The first-order valence-electron chi connectivity index (χ1n) is 7.92. The third-order valence-electron chi connectivity index (χ3n) is 4.26. The average molecular weight is 381 g/mol. The van der Waals surface area contributed by atoms with Crippen molar-refractivity contribution in [3.05, 3.63) is 52.4 Å². The number of benzene rings is 1. The number of hydrogen-bond donors (Lipinski definition) is 2.